The van der Waals surface area contributed by atoms with E-state index < -0.39 is 0 Å². The fraction of sp³-hybridized carbons (Fsp3) is 0.500. The van der Waals surface area contributed by atoms with Gasteiger partial charge in [0.05, 0.1) is 0 Å². The van der Waals surface area contributed by atoms with E-state index >= 15 is 0 Å². The van der Waals surface area contributed by atoms with E-state index in [-0.39, 0.29) is 11.9 Å². The van der Waals surface area contributed by atoms with Crippen molar-refractivity contribution in [2.75, 3.05) is 25.1 Å². The van der Waals surface area contributed by atoms with Crippen LogP contribution in [0.2, 0.25) is 10.0 Å². The van der Waals surface area contributed by atoms with Gasteiger partial charge in [-0.25, -0.2) is 0 Å². The Kier molecular flexibility index (Phi) is 6.02. The van der Waals surface area contributed by atoms with Gasteiger partial charge >= 0.3 is 0 Å². The fourth-order valence-electron chi connectivity index (χ4n) is 2.18. The molecule has 1 aromatic rings. The highest BCUT2D eigenvalue weighted by Crippen LogP contribution is 2.20. The van der Waals surface area contributed by atoms with Crippen molar-refractivity contribution in [3.05, 3.63) is 33.8 Å². The second-order valence-electron chi connectivity index (χ2n) is 4.96. The number of nitrogens with one attached hydrogen (secondary N) is 1. The summed E-state index contributed by atoms with van der Waals surface area (Å²) >= 11 is 13.8. The third kappa shape index (κ3) is 4.85. The lowest BCUT2D eigenvalue weighted by atomic mass is 10.2. The van der Waals surface area contributed by atoms with Crippen molar-refractivity contribution in [1.29, 1.82) is 0 Å². The first-order chi connectivity index (χ1) is 9.54. The molecule has 110 valence electrons. The van der Waals surface area contributed by atoms with Crippen LogP contribution in [0.5, 0.6) is 0 Å². The summed E-state index contributed by atoms with van der Waals surface area (Å²) in [7, 11) is 1.81. The number of carbonyl (C=O) groups is 1. The van der Waals surface area contributed by atoms with Crippen LogP contribution in [0, 0.1) is 0 Å². The zero-order chi connectivity index (χ0) is 14.5. The Balaban J connectivity index is 1.89. The monoisotopic (exact) mass is 332 g/mol. The van der Waals surface area contributed by atoms with Gasteiger partial charge in [0.1, 0.15) is 0 Å². The Labute approximate surface area is 134 Å². The molecule has 1 amide bonds. The van der Waals surface area contributed by atoms with Crippen molar-refractivity contribution in [2.24, 2.45) is 0 Å². The van der Waals surface area contributed by atoms with E-state index in [2.05, 4.69) is 5.32 Å². The number of hydrogen-bond donors (Lipinski definition) is 1. The molecule has 1 saturated heterocycles. The molecule has 20 heavy (non-hydrogen) atoms. The summed E-state index contributed by atoms with van der Waals surface area (Å²) in [6, 6.07) is 5.65. The molecule has 0 saturated carbocycles. The van der Waals surface area contributed by atoms with Crippen molar-refractivity contribution in [3.8, 4) is 0 Å². The Morgan fingerprint density at radius 1 is 1.40 bits per heavy atom. The zero-order valence-electron chi connectivity index (χ0n) is 11.4. The van der Waals surface area contributed by atoms with Gasteiger partial charge in [-0.3, -0.25) is 4.79 Å². The molecule has 0 aliphatic carbocycles. The summed E-state index contributed by atoms with van der Waals surface area (Å²) in [5.41, 5.74) is 0.948. The van der Waals surface area contributed by atoms with Crippen LogP contribution in [-0.2, 0) is 11.3 Å². The first-order valence-electron chi connectivity index (χ1n) is 6.54. The Morgan fingerprint density at radius 3 is 2.70 bits per heavy atom. The van der Waals surface area contributed by atoms with Gasteiger partial charge in [-0.05, 0) is 23.8 Å². The number of hydrogen-bond acceptors (Lipinski definition) is 3. The molecule has 0 spiro atoms. The maximum atomic E-state index is 12.2. The number of nitrogens with zero attached hydrogens (tertiary/aromatic N) is 1. The molecule has 0 radical (unpaired) electrons. The predicted molar refractivity (Wildman–Crippen MR) is 86.7 cm³/mol. The van der Waals surface area contributed by atoms with Crippen LogP contribution in [-0.4, -0.2) is 41.9 Å². The summed E-state index contributed by atoms with van der Waals surface area (Å²) in [6.07, 6.45) is 0.539. The second-order valence-corrected chi connectivity index (χ2v) is 6.98. The van der Waals surface area contributed by atoms with Crippen LogP contribution in [0.3, 0.4) is 0 Å². The number of carbonyl (C=O) groups excluding carboxylic acids is 1. The minimum atomic E-state index is 0.140. The average molecular weight is 333 g/mol. The molecular formula is C14H18Cl2N2OS. The maximum Gasteiger partial charge on any atom is 0.224 e. The predicted octanol–water partition coefficient (Wildman–Crippen LogP) is 3.05. The van der Waals surface area contributed by atoms with Crippen molar-refractivity contribution in [2.45, 2.75) is 19.0 Å². The first-order valence-corrected chi connectivity index (χ1v) is 8.45. The molecule has 1 unspecified atom stereocenters. The Bertz CT molecular complexity index is 458. The van der Waals surface area contributed by atoms with E-state index in [1.165, 1.54) is 0 Å². The SMILES string of the molecule is CN(Cc1cc(Cl)cc(Cl)c1)C(=O)CC1CSCCN1. The third-order valence-corrected chi connectivity index (χ3v) is 4.75. The van der Waals surface area contributed by atoms with Crippen molar-refractivity contribution < 1.29 is 4.79 Å². The summed E-state index contributed by atoms with van der Waals surface area (Å²) < 4.78 is 0. The molecule has 1 aromatic carbocycles. The summed E-state index contributed by atoms with van der Waals surface area (Å²) in [6.45, 7) is 1.51. The van der Waals surface area contributed by atoms with Gasteiger partial charge < -0.3 is 10.2 Å². The molecule has 1 aliphatic rings. The van der Waals surface area contributed by atoms with Crippen LogP contribution in [0.15, 0.2) is 18.2 Å². The van der Waals surface area contributed by atoms with Crippen LogP contribution >= 0.6 is 35.0 Å². The van der Waals surface area contributed by atoms with Crippen molar-refractivity contribution >= 4 is 40.9 Å². The molecule has 1 heterocycles. The van der Waals surface area contributed by atoms with Crippen LogP contribution in [0.25, 0.3) is 0 Å². The van der Waals surface area contributed by atoms with E-state index in [9.17, 15) is 4.79 Å². The molecular weight excluding hydrogens is 315 g/mol. The van der Waals surface area contributed by atoms with E-state index in [1.807, 2.05) is 30.9 Å². The van der Waals surface area contributed by atoms with Gasteiger partial charge in [0.15, 0.2) is 0 Å². The Morgan fingerprint density at radius 2 is 2.10 bits per heavy atom. The number of benzene rings is 1. The minimum Gasteiger partial charge on any atom is -0.341 e. The van der Waals surface area contributed by atoms with E-state index in [0.29, 0.717) is 23.0 Å². The summed E-state index contributed by atoms with van der Waals surface area (Å²) in [4.78, 5) is 13.9. The minimum absolute atomic E-state index is 0.140. The van der Waals surface area contributed by atoms with Crippen LogP contribution in [0.4, 0.5) is 0 Å². The highest BCUT2D eigenvalue weighted by Gasteiger charge is 2.19. The van der Waals surface area contributed by atoms with Crippen LogP contribution < -0.4 is 5.32 Å². The van der Waals surface area contributed by atoms with Gasteiger partial charge in [-0.15, -0.1) is 0 Å². The molecule has 6 heteroatoms. The Hall–Kier alpha value is -0.420. The van der Waals surface area contributed by atoms with Gasteiger partial charge in [-0.1, -0.05) is 23.2 Å². The lowest BCUT2D eigenvalue weighted by Crippen LogP contribution is -2.41. The van der Waals surface area contributed by atoms with Gasteiger partial charge in [-0.2, -0.15) is 11.8 Å². The molecule has 0 aromatic heterocycles. The van der Waals surface area contributed by atoms with Gasteiger partial charge in [0.2, 0.25) is 5.91 Å². The molecule has 1 fully saturated rings. The van der Waals surface area contributed by atoms with E-state index in [0.717, 1.165) is 23.6 Å². The average Bonchev–Trinajstić information content (AvgIpc) is 2.38. The smallest absolute Gasteiger partial charge is 0.224 e. The lowest BCUT2D eigenvalue weighted by Gasteiger charge is -2.25. The summed E-state index contributed by atoms with van der Waals surface area (Å²) in [5, 5.41) is 4.57. The largest absolute Gasteiger partial charge is 0.341 e. The number of halogens is 2. The highest BCUT2D eigenvalue weighted by molar-refractivity contribution is 7.99. The van der Waals surface area contributed by atoms with Crippen molar-refractivity contribution in [3.63, 3.8) is 0 Å². The normalized spacial score (nSPS) is 18.9. The molecule has 0 bridgehead atoms. The number of rotatable bonds is 4. The molecule has 3 nitrogen and oxygen atoms in total. The quantitative estimate of drug-likeness (QED) is 0.919. The van der Waals surface area contributed by atoms with Crippen LogP contribution in [0.1, 0.15) is 12.0 Å². The lowest BCUT2D eigenvalue weighted by molar-refractivity contribution is -0.130. The third-order valence-electron chi connectivity index (χ3n) is 3.19. The molecule has 1 aliphatic heterocycles. The van der Waals surface area contributed by atoms with E-state index in [1.54, 1.807) is 11.0 Å². The molecule has 1 N–H and O–H groups in total. The highest BCUT2D eigenvalue weighted by atomic mass is 35.5. The van der Waals surface area contributed by atoms with Gasteiger partial charge in [0.25, 0.3) is 0 Å². The number of thioether (sulfide) groups is 1. The fourth-order valence-corrected chi connectivity index (χ4v) is 3.70. The maximum absolute atomic E-state index is 12.2. The zero-order valence-corrected chi connectivity index (χ0v) is 13.7. The topological polar surface area (TPSA) is 32.3 Å². The first kappa shape index (κ1) is 16.0. The standard InChI is InChI=1S/C14H18Cl2N2OS/c1-18(8-10-4-11(15)6-12(16)5-10)14(19)7-13-9-20-3-2-17-13/h4-6,13,17H,2-3,7-9H2,1H3. The second kappa shape index (κ2) is 7.55. The van der Waals surface area contributed by atoms with E-state index in [4.69, 9.17) is 23.2 Å². The molecule has 2 rings (SSSR count). The molecule has 1 atom stereocenters. The van der Waals surface area contributed by atoms with Gasteiger partial charge in [0, 0.05) is 54.2 Å². The summed E-state index contributed by atoms with van der Waals surface area (Å²) in [5.74, 6) is 2.27. The van der Waals surface area contributed by atoms with Crippen molar-refractivity contribution in [1.82, 2.24) is 10.2 Å². The number of amides is 1.